The van der Waals surface area contributed by atoms with Gasteiger partial charge in [0.05, 0.1) is 30.6 Å². The molecular formula is C34H26O6. The number of ether oxygens (including phenoxy) is 3. The Morgan fingerprint density at radius 1 is 0.875 bits per heavy atom. The summed E-state index contributed by atoms with van der Waals surface area (Å²) >= 11 is 0. The average molecular weight is 531 g/mol. The lowest BCUT2D eigenvalue weighted by atomic mass is 9.85. The van der Waals surface area contributed by atoms with E-state index in [9.17, 15) is 9.59 Å². The molecule has 7 rings (SSSR count). The van der Waals surface area contributed by atoms with E-state index in [1.54, 1.807) is 12.1 Å². The second kappa shape index (κ2) is 10.0. The molecule has 1 atom stereocenters. The van der Waals surface area contributed by atoms with E-state index < -0.39 is 0 Å². The molecule has 0 saturated carbocycles. The molecule has 0 radical (unpaired) electrons. The molecule has 5 aromatic rings. The van der Waals surface area contributed by atoms with Crippen LogP contribution in [0.1, 0.15) is 34.6 Å². The molecule has 1 aromatic heterocycles. The molecule has 6 nitrogen and oxygen atoms in total. The highest BCUT2D eigenvalue weighted by atomic mass is 16.5. The molecule has 0 fully saturated rings. The van der Waals surface area contributed by atoms with Gasteiger partial charge >= 0.3 is 5.97 Å². The molecule has 0 N–H and O–H groups in total. The predicted octanol–water partition coefficient (Wildman–Crippen LogP) is 6.46. The first kappa shape index (κ1) is 24.2. The molecule has 0 unspecified atom stereocenters. The number of carbonyl (C=O) groups is 1. The van der Waals surface area contributed by atoms with Gasteiger partial charge in [0.1, 0.15) is 29.1 Å². The van der Waals surface area contributed by atoms with Gasteiger partial charge in [-0.2, -0.15) is 0 Å². The van der Waals surface area contributed by atoms with Crippen LogP contribution in [0, 0.1) is 0 Å². The molecule has 0 amide bonds. The summed E-state index contributed by atoms with van der Waals surface area (Å²) in [6.07, 6.45) is 3.40. The lowest BCUT2D eigenvalue weighted by molar-refractivity contribution is -0.135. The molecule has 40 heavy (non-hydrogen) atoms. The summed E-state index contributed by atoms with van der Waals surface area (Å²) in [4.78, 5) is 26.0. The van der Waals surface area contributed by atoms with Crippen LogP contribution in [0.3, 0.4) is 0 Å². The second-order valence-electron chi connectivity index (χ2n) is 10.1. The Balaban J connectivity index is 1.15. The molecule has 0 spiro atoms. The Kier molecular flexibility index (Phi) is 6.08. The van der Waals surface area contributed by atoms with Crippen LogP contribution < -0.4 is 19.6 Å². The highest BCUT2D eigenvalue weighted by molar-refractivity contribution is 5.90. The maximum Gasteiger partial charge on any atom is 0.312 e. The Morgan fingerprint density at radius 3 is 2.55 bits per heavy atom. The first-order valence-electron chi connectivity index (χ1n) is 13.5. The van der Waals surface area contributed by atoms with Crippen molar-refractivity contribution in [3.05, 3.63) is 124 Å². The number of hydrogen-bond donors (Lipinski definition) is 0. The zero-order chi connectivity index (χ0) is 27.1. The van der Waals surface area contributed by atoms with Crippen molar-refractivity contribution >= 4 is 16.9 Å². The quantitative estimate of drug-likeness (QED) is 0.185. The number of carbonyl (C=O) groups excluding carboxylic acids is 1. The molecule has 4 aromatic carbocycles. The summed E-state index contributed by atoms with van der Waals surface area (Å²) in [6, 6.07) is 26.9. The molecule has 6 heteroatoms. The minimum Gasteiger partial charge on any atom is -0.493 e. The fraction of sp³-hybridized carbons (Fsp3) is 0.176. The first-order valence-corrected chi connectivity index (χ1v) is 13.5. The topological polar surface area (TPSA) is 75.0 Å². The summed E-state index contributed by atoms with van der Waals surface area (Å²) < 4.78 is 23.3. The van der Waals surface area contributed by atoms with E-state index in [0.29, 0.717) is 34.5 Å². The van der Waals surface area contributed by atoms with Gasteiger partial charge in [-0.1, -0.05) is 54.6 Å². The van der Waals surface area contributed by atoms with Gasteiger partial charge in [0.25, 0.3) is 0 Å². The molecular weight excluding hydrogens is 504 g/mol. The van der Waals surface area contributed by atoms with Gasteiger partial charge in [-0.25, -0.2) is 0 Å². The van der Waals surface area contributed by atoms with E-state index in [1.165, 1.54) is 17.4 Å². The molecule has 0 bridgehead atoms. The van der Waals surface area contributed by atoms with Crippen molar-refractivity contribution in [3.8, 4) is 28.4 Å². The van der Waals surface area contributed by atoms with Crippen LogP contribution in [-0.2, 0) is 17.6 Å². The lowest BCUT2D eigenvalue weighted by Gasteiger charge is -2.25. The van der Waals surface area contributed by atoms with E-state index >= 15 is 0 Å². The van der Waals surface area contributed by atoms with Gasteiger partial charge in [0, 0.05) is 24.3 Å². The van der Waals surface area contributed by atoms with Crippen molar-refractivity contribution in [2.75, 3.05) is 13.2 Å². The van der Waals surface area contributed by atoms with Crippen molar-refractivity contribution in [1.82, 2.24) is 0 Å². The third-order valence-corrected chi connectivity index (χ3v) is 7.66. The van der Waals surface area contributed by atoms with E-state index in [0.717, 1.165) is 42.1 Å². The zero-order valence-corrected chi connectivity index (χ0v) is 21.7. The molecule has 2 aliphatic rings. The number of rotatable bonds is 6. The molecule has 3 heterocycles. The Labute approximate surface area is 230 Å². The Bertz CT molecular complexity index is 1790. The maximum atomic E-state index is 13.4. The van der Waals surface area contributed by atoms with Crippen LogP contribution in [-0.4, -0.2) is 19.2 Å². The van der Waals surface area contributed by atoms with E-state index in [-0.39, 0.29) is 23.7 Å². The van der Waals surface area contributed by atoms with Crippen molar-refractivity contribution < 1.29 is 23.4 Å². The fourth-order valence-corrected chi connectivity index (χ4v) is 5.64. The van der Waals surface area contributed by atoms with Crippen molar-refractivity contribution in [3.63, 3.8) is 0 Å². The molecule has 198 valence electrons. The van der Waals surface area contributed by atoms with E-state index in [1.807, 2.05) is 60.7 Å². The average Bonchev–Trinajstić information content (AvgIpc) is 3.46. The Hall–Kier alpha value is -4.84. The SMILES string of the molecule is O=C1C[C@@H](c2ccc(OCCc3ccc4c(c3)CCO4)cc2)c2c(ccc3c(=O)c(-c4ccccc4)coc23)O1. The van der Waals surface area contributed by atoms with Gasteiger partial charge in [-0.15, -0.1) is 0 Å². The number of fused-ring (bicyclic) bond motifs is 4. The minimum absolute atomic E-state index is 0.120. The van der Waals surface area contributed by atoms with E-state index in [2.05, 4.69) is 12.1 Å². The third kappa shape index (κ3) is 4.41. The van der Waals surface area contributed by atoms with Gasteiger partial charge in [0.15, 0.2) is 0 Å². The number of hydrogen-bond acceptors (Lipinski definition) is 6. The monoisotopic (exact) mass is 530 g/mol. The Morgan fingerprint density at radius 2 is 1.70 bits per heavy atom. The van der Waals surface area contributed by atoms with E-state index in [4.69, 9.17) is 18.6 Å². The maximum absolute atomic E-state index is 13.4. The highest BCUT2D eigenvalue weighted by Gasteiger charge is 2.32. The van der Waals surface area contributed by atoms with Gasteiger partial charge in [-0.05, 0) is 52.6 Å². The van der Waals surface area contributed by atoms with Crippen LogP contribution in [0.5, 0.6) is 17.2 Å². The predicted molar refractivity (Wildman–Crippen MR) is 151 cm³/mol. The first-order chi connectivity index (χ1) is 19.6. The summed E-state index contributed by atoms with van der Waals surface area (Å²) in [5.74, 6) is 1.53. The van der Waals surface area contributed by atoms with Crippen LogP contribution in [0.25, 0.3) is 22.1 Å². The van der Waals surface area contributed by atoms with Crippen LogP contribution in [0.15, 0.2) is 100 Å². The fourth-order valence-electron chi connectivity index (χ4n) is 5.64. The van der Waals surface area contributed by atoms with Gasteiger partial charge in [-0.3, -0.25) is 9.59 Å². The number of benzene rings is 4. The summed E-state index contributed by atoms with van der Waals surface area (Å²) in [7, 11) is 0. The van der Waals surface area contributed by atoms with Crippen molar-refractivity contribution in [2.45, 2.75) is 25.2 Å². The summed E-state index contributed by atoms with van der Waals surface area (Å²) in [6.45, 7) is 1.30. The molecule has 0 saturated heterocycles. The second-order valence-corrected chi connectivity index (χ2v) is 10.1. The lowest BCUT2D eigenvalue weighted by Crippen LogP contribution is -2.22. The van der Waals surface area contributed by atoms with Gasteiger partial charge < -0.3 is 18.6 Å². The molecule has 0 aliphatic carbocycles. The smallest absolute Gasteiger partial charge is 0.312 e. The van der Waals surface area contributed by atoms with Crippen molar-refractivity contribution in [2.24, 2.45) is 0 Å². The van der Waals surface area contributed by atoms with Gasteiger partial charge in [0.2, 0.25) is 5.43 Å². The van der Waals surface area contributed by atoms with Crippen LogP contribution >= 0.6 is 0 Å². The summed E-state index contributed by atoms with van der Waals surface area (Å²) in [5.41, 5.74) is 5.72. The largest absolute Gasteiger partial charge is 0.493 e. The highest BCUT2D eigenvalue weighted by Crippen LogP contribution is 2.43. The standard InChI is InChI=1S/C34H26O6/c35-31-19-27(23-7-9-25(10-8-23)37-16-14-21-6-12-29-24(18-21)15-17-38-29)32-30(40-31)13-11-26-33(36)28(20-39-34(26)32)22-4-2-1-3-5-22/h1-13,18,20,27H,14-17,19H2/t27-/m0/s1. The van der Waals surface area contributed by atoms with Crippen molar-refractivity contribution in [1.29, 1.82) is 0 Å². The third-order valence-electron chi connectivity index (χ3n) is 7.66. The zero-order valence-electron chi connectivity index (χ0n) is 21.7. The van der Waals surface area contributed by atoms with Crippen LogP contribution in [0.2, 0.25) is 0 Å². The molecule has 2 aliphatic heterocycles. The normalized spacial score (nSPS) is 15.7. The van der Waals surface area contributed by atoms with Crippen LogP contribution in [0.4, 0.5) is 0 Å². The minimum atomic E-state index is -0.319. The number of esters is 1. The summed E-state index contributed by atoms with van der Waals surface area (Å²) in [5, 5.41) is 0.459.